The second-order valence-corrected chi connectivity index (χ2v) is 2.86. The molecular formula is C8H9ClN2O2. The van der Waals surface area contributed by atoms with Gasteiger partial charge in [0.05, 0.1) is 16.4 Å². The highest BCUT2D eigenvalue weighted by atomic mass is 35.5. The number of nitrogens with two attached hydrogens (primary N) is 1. The Bertz CT molecular complexity index is 328. The Balaban J connectivity index is 2.77. The molecule has 0 unspecified atom stereocenters. The number of aliphatic carboxylic acids is 1. The standard InChI is InChI=1S/C8H9ClN2O2/c9-5-2-1-3-6(8(5)10)11-4-7(12)13/h1-3,11H,4,10H2,(H,12,13). The molecule has 1 aromatic carbocycles. The molecule has 0 saturated heterocycles. The van der Waals surface area contributed by atoms with E-state index in [4.69, 9.17) is 22.4 Å². The summed E-state index contributed by atoms with van der Waals surface area (Å²) in [5.74, 6) is -0.945. The van der Waals surface area contributed by atoms with E-state index in [-0.39, 0.29) is 6.54 Å². The van der Waals surface area contributed by atoms with Gasteiger partial charge in [-0.25, -0.2) is 0 Å². The van der Waals surface area contributed by atoms with Gasteiger partial charge in [0.15, 0.2) is 0 Å². The molecule has 0 atom stereocenters. The lowest BCUT2D eigenvalue weighted by Crippen LogP contribution is -2.13. The fourth-order valence-corrected chi connectivity index (χ4v) is 1.04. The van der Waals surface area contributed by atoms with Crippen molar-refractivity contribution in [1.82, 2.24) is 0 Å². The summed E-state index contributed by atoms with van der Waals surface area (Å²) >= 11 is 5.72. The summed E-state index contributed by atoms with van der Waals surface area (Å²) in [7, 11) is 0. The highest BCUT2D eigenvalue weighted by Gasteiger charge is 2.03. The first-order chi connectivity index (χ1) is 6.11. The average Bonchev–Trinajstić information content (AvgIpc) is 2.07. The monoisotopic (exact) mass is 200 g/mol. The van der Waals surface area contributed by atoms with Gasteiger partial charge in [-0.3, -0.25) is 4.79 Å². The number of benzene rings is 1. The molecule has 0 aromatic heterocycles. The van der Waals surface area contributed by atoms with E-state index < -0.39 is 5.97 Å². The zero-order chi connectivity index (χ0) is 9.84. The third kappa shape index (κ3) is 2.52. The third-order valence-corrected chi connectivity index (χ3v) is 1.81. The Kier molecular flexibility index (Phi) is 2.97. The van der Waals surface area contributed by atoms with E-state index in [0.29, 0.717) is 16.4 Å². The van der Waals surface area contributed by atoms with Crippen LogP contribution in [0.1, 0.15) is 0 Å². The Morgan fingerprint density at radius 2 is 2.31 bits per heavy atom. The Labute approximate surface area is 80.3 Å². The summed E-state index contributed by atoms with van der Waals surface area (Å²) in [4.78, 5) is 10.2. The number of halogens is 1. The van der Waals surface area contributed by atoms with E-state index in [9.17, 15) is 4.79 Å². The number of nitrogens with one attached hydrogen (secondary N) is 1. The van der Waals surface area contributed by atoms with Gasteiger partial charge in [0.2, 0.25) is 0 Å². The molecule has 0 fully saturated rings. The van der Waals surface area contributed by atoms with Crippen LogP contribution in [0.25, 0.3) is 0 Å². The molecule has 13 heavy (non-hydrogen) atoms. The first kappa shape index (κ1) is 9.67. The fourth-order valence-electron chi connectivity index (χ4n) is 0.862. The van der Waals surface area contributed by atoms with Gasteiger partial charge in [-0.15, -0.1) is 0 Å². The topological polar surface area (TPSA) is 75.3 Å². The number of hydrogen-bond donors (Lipinski definition) is 3. The molecule has 70 valence electrons. The number of anilines is 2. The minimum Gasteiger partial charge on any atom is -0.480 e. The molecule has 0 bridgehead atoms. The molecule has 0 spiro atoms. The van der Waals surface area contributed by atoms with Crippen LogP contribution in [0, 0.1) is 0 Å². The fraction of sp³-hybridized carbons (Fsp3) is 0.125. The van der Waals surface area contributed by atoms with Crippen LogP contribution in [0.15, 0.2) is 18.2 Å². The average molecular weight is 201 g/mol. The number of para-hydroxylation sites is 1. The number of hydrogen-bond acceptors (Lipinski definition) is 3. The maximum atomic E-state index is 10.2. The zero-order valence-corrected chi connectivity index (χ0v) is 7.51. The minimum absolute atomic E-state index is 0.176. The second kappa shape index (κ2) is 4.00. The van der Waals surface area contributed by atoms with Crippen LogP contribution in [0.3, 0.4) is 0 Å². The Morgan fingerprint density at radius 1 is 1.62 bits per heavy atom. The van der Waals surface area contributed by atoms with Crippen molar-refractivity contribution in [3.05, 3.63) is 23.2 Å². The van der Waals surface area contributed by atoms with Gasteiger partial charge in [0.1, 0.15) is 6.54 Å². The number of carbonyl (C=O) groups is 1. The van der Waals surface area contributed by atoms with Crippen molar-refractivity contribution in [3.63, 3.8) is 0 Å². The van der Waals surface area contributed by atoms with Crippen LogP contribution in [-0.2, 0) is 4.79 Å². The molecule has 0 heterocycles. The maximum absolute atomic E-state index is 10.2. The molecule has 0 radical (unpaired) electrons. The first-order valence-corrected chi connectivity index (χ1v) is 3.98. The molecule has 0 amide bonds. The summed E-state index contributed by atoms with van der Waals surface area (Å²) in [5, 5.41) is 11.5. The summed E-state index contributed by atoms with van der Waals surface area (Å²) < 4.78 is 0. The van der Waals surface area contributed by atoms with E-state index in [1.54, 1.807) is 18.2 Å². The van der Waals surface area contributed by atoms with Crippen LogP contribution in [0.4, 0.5) is 11.4 Å². The number of carboxylic acids is 1. The van der Waals surface area contributed by atoms with Crippen molar-refractivity contribution in [1.29, 1.82) is 0 Å². The normalized spacial score (nSPS) is 9.62. The van der Waals surface area contributed by atoms with Gasteiger partial charge in [-0.2, -0.15) is 0 Å². The van der Waals surface area contributed by atoms with Crippen LogP contribution >= 0.6 is 11.6 Å². The molecule has 4 N–H and O–H groups in total. The number of rotatable bonds is 3. The minimum atomic E-state index is -0.945. The lowest BCUT2D eigenvalue weighted by molar-refractivity contribution is -0.134. The summed E-state index contributed by atoms with van der Waals surface area (Å²) in [6.07, 6.45) is 0. The third-order valence-electron chi connectivity index (χ3n) is 1.48. The van der Waals surface area contributed by atoms with Crippen LogP contribution in [-0.4, -0.2) is 17.6 Å². The number of nitrogen functional groups attached to an aromatic ring is 1. The van der Waals surface area contributed by atoms with E-state index in [1.807, 2.05) is 0 Å². The van der Waals surface area contributed by atoms with Crippen molar-refractivity contribution in [2.45, 2.75) is 0 Å². The predicted molar refractivity (Wildman–Crippen MR) is 52.0 cm³/mol. The van der Waals surface area contributed by atoms with E-state index in [1.165, 1.54) is 0 Å². The highest BCUT2D eigenvalue weighted by Crippen LogP contribution is 2.26. The van der Waals surface area contributed by atoms with Gasteiger partial charge in [0.25, 0.3) is 0 Å². The molecule has 0 saturated carbocycles. The van der Waals surface area contributed by atoms with Gasteiger partial charge in [0, 0.05) is 0 Å². The SMILES string of the molecule is Nc1c(Cl)cccc1NCC(=O)O. The highest BCUT2D eigenvalue weighted by molar-refractivity contribution is 6.33. The van der Waals surface area contributed by atoms with Crippen molar-refractivity contribution >= 4 is 28.9 Å². The first-order valence-electron chi connectivity index (χ1n) is 3.61. The lowest BCUT2D eigenvalue weighted by atomic mass is 10.2. The van der Waals surface area contributed by atoms with Crippen LogP contribution in [0.2, 0.25) is 5.02 Å². The van der Waals surface area contributed by atoms with E-state index in [2.05, 4.69) is 5.32 Å². The summed E-state index contributed by atoms with van der Waals surface area (Å²) in [5.41, 5.74) is 6.48. The van der Waals surface area contributed by atoms with E-state index >= 15 is 0 Å². The van der Waals surface area contributed by atoms with Crippen molar-refractivity contribution in [2.75, 3.05) is 17.6 Å². The quantitative estimate of drug-likeness (QED) is 0.645. The molecule has 5 heteroatoms. The van der Waals surface area contributed by atoms with Crippen molar-refractivity contribution in [2.24, 2.45) is 0 Å². The predicted octanol–water partition coefficient (Wildman–Crippen LogP) is 1.42. The Morgan fingerprint density at radius 3 is 2.92 bits per heavy atom. The molecule has 0 aliphatic carbocycles. The molecule has 0 aliphatic heterocycles. The smallest absolute Gasteiger partial charge is 0.322 e. The molecule has 1 rings (SSSR count). The molecule has 1 aromatic rings. The van der Waals surface area contributed by atoms with Crippen molar-refractivity contribution in [3.8, 4) is 0 Å². The lowest BCUT2D eigenvalue weighted by Gasteiger charge is -2.07. The molecular weight excluding hydrogens is 192 g/mol. The van der Waals surface area contributed by atoms with Gasteiger partial charge in [-0.1, -0.05) is 17.7 Å². The van der Waals surface area contributed by atoms with Crippen molar-refractivity contribution < 1.29 is 9.90 Å². The molecule has 4 nitrogen and oxygen atoms in total. The Hall–Kier alpha value is -1.42. The van der Waals surface area contributed by atoms with Crippen LogP contribution < -0.4 is 11.1 Å². The van der Waals surface area contributed by atoms with Gasteiger partial charge in [-0.05, 0) is 12.1 Å². The zero-order valence-electron chi connectivity index (χ0n) is 6.75. The molecule has 0 aliphatic rings. The van der Waals surface area contributed by atoms with Gasteiger partial charge < -0.3 is 16.2 Å². The summed E-state index contributed by atoms with van der Waals surface area (Å²) in [6, 6.07) is 5.01. The second-order valence-electron chi connectivity index (χ2n) is 2.45. The van der Waals surface area contributed by atoms with Gasteiger partial charge >= 0.3 is 5.97 Å². The summed E-state index contributed by atoms with van der Waals surface area (Å²) in [6.45, 7) is -0.176. The van der Waals surface area contributed by atoms with Crippen LogP contribution in [0.5, 0.6) is 0 Å². The number of carboxylic acid groups (broad SMARTS) is 1. The maximum Gasteiger partial charge on any atom is 0.322 e. The largest absolute Gasteiger partial charge is 0.480 e. The van der Waals surface area contributed by atoms with E-state index in [0.717, 1.165) is 0 Å².